The molecule has 0 atom stereocenters. The first-order valence-electron chi connectivity index (χ1n) is 7.95. The van der Waals surface area contributed by atoms with Gasteiger partial charge in [0.25, 0.3) is 5.69 Å². The van der Waals surface area contributed by atoms with Crippen LogP contribution in [0.5, 0.6) is 11.5 Å². The Morgan fingerprint density at radius 1 is 1.12 bits per heavy atom. The molecule has 0 aliphatic rings. The third kappa shape index (κ3) is 4.85. The minimum atomic E-state index is -0.472. The summed E-state index contributed by atoms with van der Waals surface area (Å²) in [6.45, 7) is 2.12. The molecule has 26 heavy (non-hydrogen) atoms. The van der Waals surface area contributed by atoms with Crippen LogP contribution in [0.1, 0.15) is 11.1 Å². The summed E-state index contributed by atoms with van der Waals surface area (Å²) in [6, 6.07) is 9.49. The molecule has 2 amide bonds. The van der Waals surface area contributed by atoms with E-state index in [9.17, 15) is 14.9 Å². The summed E-state index contributed by atoms with van der Waals surface area (Å²) in [4.78, 5) is 22.3. The maximum absolute atomic E-state index is 12.0. The van der Waals surface area contributed by atoms with Crippen molar-refractivity contribution in [3.05, 3.63) is 57.6 Å². The zero-order valence-corrected chi connectivity index (χ0v) is 14.9. The average Bonchev–Trinajstić information content (AvgIpc) is 2.63. The van der Waals surface area contributed by atoms with Crippen LogP contribution in [-0.2, 0) is 6.42 Å². The fourth-order valence-corrected chi connectivity index (χ4v) is 2.42. The number of nitro groups is 1. The Bertz CT molecular complexity index is 807. The largest absolute Gasteiger partial charge is 0.493 e. The highest BCUT2D eigenvalue weighted by molar-refractivity contribution is 5.90. The van der Waals surface area contributed by atoms with Gasteiger partial charge >= 0.3 is 6.03 Å². The van der Waals surface area contributed by atoms with E-state index in [0.29, 0.717) is 35.7 Å². The van der Waals surface area contributed by atoms with Gasteiger partial charge in [-0.2, -0.15) is 0 Å². The maximum atomic E-state index is 12.0. The summed E-state index contributed by atoms with van der Waals surface area (Å²) in [5, 5.41) is 16.2. The van der Waals surface area contributed by atoms with Crippen molar-refractivity contribution in [2.24, 2.45) is 0 Å². The highest BCUT2D eigenvalue weighted by Gasteiger charge is 2.10. The number of nitrogens with one attached hydrogen (secondary N) is 2. The van der Waals surface area contributed by atoms with Crippen molar-refractivity contribution in [1.82, 2.24) is 5.32 Å². The lowest BCUT2D eigenvalue weighted by Crippen LogP contribution is -2.30. The number of rotatable bonds is 7. The van der Waals surface area contributed by atoms with Crippen LogP contribution in [0.3, 0.4) is 0 Å². The maximum Gasteiger partial charge on any atom is 0.319 e. The molecule has 0 aromatic heterocycles. The van der Waals surface area contributed by atoms with E-state index in [1.165, 1.54) is 18.2 Å². The number of ether oxygens (including phenoxy) is 2. The van der Waals surface area contributed by atoms with Gasteiger partial charge < -0.3 is 20.1 Å². The molecule has 0 saturated heterocycles. The van der Waals surface area contributed by atoms with Gasteiger partial charge in [0.1, 0.15) is 0 Å². The Labute approximate surface area is 151 Å². The van der Waals surface area contributed by atoms with E-state index in [-0.39, 0.29) is 11.7 Å². The van der Waals surface area contributed by atoms with E-state index >= 15 is 0 Å². The number of carbonyl (C=O) groups excluding carboxylic acids is 1. The standard InChI is InChI=1S/C18H21N3O5/c1-12-10-14(21(23)24)5-6-15(12)20-18(22)19-9-8-13-4-7-16(25-2)17(11-13)26-3/h4-7,10-11H,8-9H2,1-3H3,(H2,19,20,22). The van der Waals surface area contributed by atoms with Crippen molar-refractivity contribution in [3.63, 3.8) is 0 Å². The van der Waals surface area contributed by atoms with E-state index < -0.39 is 4.92 Å². The van der Waals surface area contributed by atoms with Crippen molar-refractivity contribution < 1.29 is 19.2 Å². The first-order valence-corrected chi connectivity index (χ1v) is 7.95. The number of carbonyl (C=O) groups is 1. The summed E-state index contributed by atoms with van der Waals surface area (Å²) >= 11 is 0. The number of hydrogen-bond donors (Lipinski definition) is 2. The van der Waals surface area contributed by atoms with Crippen LogP contribution in [0, 0.1) is 17.0 Å². The lowest BCUT2D eigenvalue weighted by atomic mass is 10.1. The molecule has 0 radical (unpaired) electrons. The molecule has 2 aromatic rings. The molecule has 0 bridgehead atoms. The summed E-state index contributed by atoms with van der Waals surface area (Å²) in [5.41, 5.74) is 2.13. The molecule has 138 valence electrons. The molecule has 0 aliphatic heterocycles. The van der Waals surface area contributed by atoms with Crippen LogP contribution < -0.4 is 20.1 Å². The van der Waals surface area contributed by atoms with Gasteiger partial charge in [-0.15, -0.1) is 0 Å². The molecule has 0 heterocycles. The van der Waals surface area contributed by atoms with E-state index in [0.717, 1.165) is 5.56 Å². The molecule has 8 heteroatoms. The molecule has 0 aliphatic carbocycles. The molecule has 2 N–H and O–H groups in total. The van der Waals surface area contributed by atoms with Crippen LogP contribution in [0.4, 0.5) is 16.2 Å². The first kappa shape index (κ1) is 19.0. The SMILES string of the molecule is COc1ccc(CCNC(=O)Nc2ccc([N+](=O)[O-])cc2C)cc1OC. The van der Waals surface area contributed by atoms with Gasteiger partial charge in [0.05, 0.1) is 19.1 Å². The minimum Gasteiger partial charge on any atom is -0.493 e. The van der Waals surface area contributed by atoms with Crippen LogP contribution in [-0.4, -0.2) is 31.7 Å². The molecule has 2 rings (SSSR count). The monoisotopic (exact) mass is 359 g/mol. The minimum absolute atomic E-state index is 0.0121. The Morgan fingerprint density at radius 3 is 2.46 bits per heavy atom. The zero-order chi connectivity index (χ0) is 19.1. The highest BCUT2D eigenvalue weighted by atomic mass is 16.6. The lowest BCUT2D eigenvalue weighted by Gasteiger charge is -2.11. The number of anilines is 1. The lowest BCUT2D eigenvalue weighted by molar-refractivity contribution is -0.384. The van der Waals surface area contributed by atoms with Gasteiger partial charge in [-0.05, 0) is 42.7 Å². The summed E-state index contributed by atoms with van der Waals surface area (Å²) in [6.07, 6.45) is 0.618. The second kappa shape index (κ2) is 8.70. The van der Waals surface area contributed by atoms with Crippen molar-refractivity contribution in [2.45, 2.75) is 13.3 Å². The molecule has 8 nitrogen and oxygen atoms in total. The molecule has 2 aromatic carbocycles. The Hall–Kier alpha value is -3.29. The second-order valence-electron chi connectivity index (χ2n) is 5.58. The number of non-ortho nitro benzene ring substituents is 1. The van der Waals surface area contributed by atoms with E-state index in [1.807, 2.05) is 18.2 Å². The molecule has 0 unspecified atom stereocenters. The van der Waals surface area contributed by atoms with Gasteiger partial charge in [0.15, 0.2) is 11.5 Å². The van der Waals surface area contributed by atoms with Gasteiger partial charge in [-0.25, -0.2) is 4.79 Å². The quantitative estimate of drug-likeness (QED) is 0.583. The fourth-order valence-electron chi connectivity index (χ4n) is 2.42. The molecular weight excluding hydrogens is 338 g/mol. The van der Waals surface area contributed by atoms with Gasteiger partial charge in [0, 0.05) is 24.4 Å². The van der Waals surface area contributed by atoms with Gasteiger partial charge in [-0.3, -0.25) is 10.1 Å². The molecule has 0 saturated carbocycles. The average molecular weight is 359 g/mol. The number of nitro benzene ring substituents is 1. The van der Waals surface area contributed by atoms with Crippen molar-refractivity contribution in [1.29, 1.82) is 0 Å². The van der Waals surface area contributed by atoms with Crippen molar-refractivity contribution >= 4 is 17.4 Å². The van der Waals surface area contributed by atoms with Crippen molar-refractivity contribution in [3.8, 4) is 11.5 Å². The normalized spacial score (nSPS) is 10.1. The Balaban J connectivity index is 1.88. The summed E-state index contributed by atoms with van der Waals surface area (Å²) in [7, 11) is 3.14. The Kier molecular flexibility index (Phi) is 6.37. The van der Waals surface area contributed by atoms with E-state index in [2.05, 4.69) is 10.6 Å². The smallest absolute Gasteiger partial charge is 0.319 e. The number of amides is 2. The number of benzene rings is 2. The van der Waals surface area contributed by atoms with Gasteiger partial charge in [-0.1, -0.05) is 6.07 Å². The summed E-state index contributed by atoms with van der Waals surface area (Å²) in [5.74, 6) is 1.28. The van der Waals surface area contributed by atoms with Crippen LogP contribution in [0.2, 0.25) is 0 Å². The third-order valence-electron chi connectivity index (χ3n) is 3.82. The zero-order valence-electron chi connectivity index (χ0n) is 14.9. The number of methoxy groups -OCH3 is 2. The predicted molar refractivity (Wildman–Crippen MR) is 98.1 cm³/mol. The van der Waals surface area contributed by atoms with E-state index in [1.54, 1.807) is 21.1 Å². The van der Waals surface area contributed by atoms with Crippen LogP contribution in [0.25, 0.3) is 0 Å². The third-order valence-corrected chi connectivity index (χ3v) is 3.82. The molecule has 0 spiro atoms. The molecule has 0 fully saturated rings. The van der Waals surface area contributed by atoms with Crippen LogP contribution >= 0.6 is 0 Å². The van der Waals surface area contributed by atoms with Crippen LogP contribution in [0.15, 0.2) is 36.4 Å². The topological polar surface area (TPSA) is 103 Å². The second-order valence-corrected chi connectivity index (χ2v) is 5.58. The van der Waals surface area contributed by atoms with Gasteiger partial charge in [0.2, 0.25) is 0 Å². The number of hydrogen-bond acceptors (Lipinski definition) is 5. The van der Waals surface area contributed by atoms with E-state index in [4.69, 9.17) is 9.47 Å². The Morgan fingerprint density at radius 2 is 1.85 bits per heavy atom. The first-order chi connectivity index (χ1) is 12.4. The van der Waals surface area contributed by atoms with Crippen molar-refractivity contribution in [2.75, 3.05) is 26.1 Å². The number of urea groups is 1. The number of nitrogens with zero attached hydrogens (tertiary/aromatic N) is 1. The predicted octanol–water partition coefficient (Wildman–Crippen LogP) is 3.28. The number of aryl methyl sites for hydroxylation is 1. The molecular formula is C18H21N3O5. The fraction of sp³-hybridized carbons (Fsp3) is 0.278. The summed E-state index contributed by atoms with van der Waals surface area (Å²) < 4.78 is 10.4. The highest BCUT2D eigenvalue weighted by Crippen LogP contribution is 2.27.